The molecule has 0 spiro atoms. The molecule has 4 aromatic heterocycles. The van der Waals surface area contributed by atoms with Gasteiger partial charge in [-0.05, 0) is 82.6 Å². The molecule has 13 rings (SSSR count). The summed E-state index contributed by atoms with van der Waals surface area (Å²) < 4.78 is 4.48. The highest BCUT2D eigenvalue weighted by atomic mass is 15.1. The number of aromatic amines is 2. The van der Waals surface area contributed by atoms with E-state index in [1.165, 1.54) is 37.7 Å². The van der Waals surface area contributed by atoms with Crippen LogP contribution >= 0.6 is 0 Å². The van der Waals surface area contributed by atoms with Gasteiger partial charge in [0, 0.05) is 65.8 Å². The van der Waals surface area contributed by atoms with Crippen molar-refractivity contribution in [2.45, 2.75) is 0 Å². The van der Waals surface area contributed by atoms with Crippen LogP contribution < -0.4 is 0 Å². The second-order valence-corrected chi connectivity index (χ2v) is 15.2. The number of hydrogen-bond acceptors (Lipinski definition) is 2. The molecule has 6 heteroatoms. The van der Waals surface area contributed by atoms with E-state index in [-0.39, 0.29) is 0 Å². The van der Waals surface area contributed by atoms with Crippen LogP contribution in [-0.2, 0) is 0 Å². The van der Waals surface area contributed by atoms with Gasteiger partial charge in [0.05, 0.1) is 22.1 Å². The Morgan fingerprint density at radius 1 is 0.431 bits per heavy atom. The molecule has 0 saturated heterocycles. The fraction of sp³-hybridized carbons (Fsp3) is 0. The monoisotopic (exact) mass is 740 g/mol. The Hall–Kier alpha value is -7.96. The number of hydrogen-bond donors (Lipinski definition) is 2. The molecule has 58 heavy (non-hydrogen) atoms. The second kappa shape index (κ2) is 11.8. The van der Waals surface area contributed by atoms with E-state index in [0.29, 0.717) is 0 Å². The van der Waals surface area contributed by atoms with E-state index in [0.717, 1.165) is 83.4 Å². The average Bonchev–Trinajstić information content (AvgIpc) is 4.08. The lowest BCUT2D eigenvalue weighted by Gasteiger charge is -2.11. The van der Waals surface area contributed by atoms with Crippen LogP contribution in [0.1, 0.15) is 0 Å². The summed E-state index contributed by atoms with van der Waals surface area (Å²) in [6, 6.07) is 62.8. The first-order valence-electron chi connectivity index (χ1n) is 19.7. The molecule has 2 N–H and O–H groups in total. The maximum absolute atomic E-state index is 5.44. The SMILES string of the molecule is c1ccc(-c2nc3c4[nH]c5ccc(-c6ccc7c(c6)[nH]c6cc8ccc9c(ncn9-c9ccccc9)c8cc67)cc5c4c4ccccc4c3n2-c2ccccc2)cc1. The molecular formula is C52H32N6. The normalized spacial score (nSPS) is 12.1. The van der Waals surface area contributed by atoms with Crippen molar-refractivity contribution >= 4 is 87.2 Å². The number of nitrogens with zero attached hydrogens (tertiary/aromatic N) is 4. The Morgan fingerprint density at radius 2 is 1.14 bits per heavy atom. The van der Waals surface area contributed by atoms with E-state index in [1.54, 1.807) is 0 Å². The maximum Gasteiger partial charge on any atom is 0.145 e. The first kappa shape index (κ1) is 31.3. The van der Waals surface area contributed by atoms with Gasteiger partial charge in [0.15, 0.2) is 0 Å². The van der Waals surface area contributed by atoms with Gasteiger partial charge in [0.2, 0.25) is 0 Å². The summed E-state index contributed by atoms with van der Waals surface area (Å²) in [6.45, 7) is 0. The highest BCUT2D eigenvalue weighted by Gasteiger charge is 2.23. The van der Waals surface area contributed by atoms with Gasteiger partial charge in [0.1, 0.15) is 17.7 Å². The maximum atomic E-state index is 5.44. The van der Waals surface area contributed by atoms with Crippen LogP contribution in [0.15, 0.2) is 182 Å². The number of benzene rings is 9. The molecule has 4 heterocycles. The lowest BCUT2D eigenvalue weighted by atomic mass is 9.98. The molecule has 0 atom stereocenters. The minimum atomic E-state index is 0.921. The number of fused-ring (bicyclic) bond motifs is 14. The fourth-order valence-electron chi connectivity index (χ4n) is 9.37. The predicted molar refractivity (Wildman–Crippen MR) is 240 cm³/mol. The molecule has 0 saturated carbocycles. The summed E-state index contributed by atoms with van der Waals surface area (Å²) in [5.74, 6) is 0.921. The molecule has 0 aliphatic carbocycles. The average molecular weight is 741 g/mol. The molecule has 0 aliphatic rings. The van der Waals surface area contributed by atoms with Gasteiger partial charge in [-0.1, -0.05) is 115 Å². The summed E-state index contributed by atoms with van der Waals surface area (Å²) in [4.78, 5) is 17.9. The largest absolute Gasteiger partial charge is 0.354 e. The van der Waals surface area contributed by atoms with Gasteiger partial charge in [-0.2, -0.15) is 0 Å². The van der Waals surface area contributed by atoms with Crippen LogP contribution in [0, 0.1) is 0 Å². The number of H-pyrrole nitrogens is 2. The Morgan fingerprint density at radius 3 is 1.97 bits per heavy atom. The zero-order valence-corrected chi connectivity index (χ0v) is 31.1. The third-order valence-corrected chi connectivity index (χ3v) is 12.0. The molecule has 0 amide bonds. The van der Waals surface area contributed by atoms with Crippen LogP contribution in [0.2, 0.25) is 0 Å². The van der Waals surface area contributed by atoms with E-state index >= 15 is 0 Å². The van der Waals surface area contributed by atoms with E-state index in [4.69, 9.17) is 9.97 Å². The number of aromatic nitrogens is 6. The van der Waals surface area contributed by atoms with E-state index in [2.05, 4.69) is 189 Å². The van der Waals surface area contributed by atoms with Gasteiger partial charge >= 0.3 is 0 Å². The predicted octanol–water partition coefficient (Wildman–Crippen LogP) is 13.3. The first-order chi connectivity index (χ1) is 28.7. The molecule has 0 aliphatic heterocycles. The highest BCUT2D eigenvalue weighted by molar-refractivity contribution is 6.31. The Labute approximate surface area is 331 Å². The minimum absolute atomic E-state index is 0.921. The minimum Gasteiger partial charge on any atom is -0.354 e. The molecule has 13 aromatic rings. The number of imidazole rings is 2. The summed E-state index contributed by atoms with van der Waals surface area (Å²) in [7, 11) is 0. The molecule has 9 aromatic carbocycles. The standard InChI is InChI=1S/C52H32N6/c1-4-12-31(13-5-1)52-56-50-49-47(38-18-10-11-19-39(38)51(50)58(52)36-16-8-3-9-17-36)42-26-32(21-24-43(42)55-49)33-20-23-37-41-29-40-34(28-45(41)54-44(37)27-33)22-25-46-48(40)53-30-57(46)35-14-6-2-7-15-35/h1-30,54-55H. The second-order valence-electron chi connectivity index (χ2n) is 15.2. The van der Waals surface area contributed by atoms with E-state index in [1.807, 2.05) is 12.4 Å². The Balaban J connectivity index is 0.991. The lowest BCUT2D eigenvalue weighted by molar-refractivity contribution is 1.09. The molecule has 0 bridgehead atoms. The van der Waals surface area contributed by atoms with Crippen molar-refractivity contribution in [1.82, 2.24) is 29.1 Å². The van der Waals surface area contributed by atoms with Crippen LogP contribution in [0.3, 0.4) is 0 Å². The van der Waals surface area contributed by atoms with Gasteiger partial charge in [-0.3, -0.25) is 9.13 Å². The van der Waals surface area contributed by atoms with Crippen LogP contribution in [0.5, 0.6) is 0 Å². The summed E-state index contributed by atoms with van der Waals surface area (Å²) in [5.41, 5.74) is 14.1. The van der Waals surface area contributed by atoms with Crippen molar-refractivity contribution < 1.29 is 0 Å². The first-order valence-corrected chi connectivity index (χ1v) is 19.7. The Kier molecular flexibility index (Phi) is 6.35. The van der Waals surface area contributed by atoms with Crippen molar-refractivity contribution in [2.75, 3.05) is 0 Å². The Bertz CT molecular complexity index is 3780. The third kappa shape index (κ3) is 4.42. The molecule has 0 unspecified atom stereocenters. The topological polar surface area (TPSA) is 67.2 Å². The zero-order chi connectivity index (χ0) is 37.9. The van der Waals surface area contributed by atoms with Crippen LogP contribution in [0.25, 0.3) is 121 Å². The van der Waals surface area contributed by atoms with Crippen LogP contribution in [-0.4, -0.2) is 29.1 Å². The van der Waals surface area contributed by atoms with Crippen molar-refractivity contribution in [2.24, 2.45) is 0 Å². The van der Waals surface area contributed by atoms with Gasteiger partial charge in [-0.15, -0.1) is 0 Å². The van der Waals surface area contributed by atoms with Crippen molar-refractivity contribution in [3.05, 3.63) is 182 Å². The van der Waals surface area contributed by atoms with Crippen LogP contribution in [0.4, 0.5) is 0 Å². The number of para-hydroxylation sites is 2. The summed E-state index contributed by atoms with van der Waals surface area (Å²) in [6.07, 6.45) is 1.93. The molecule has 0 fully saturated rings. The molecular weight excluding hydrogens is 709 g/mol. The van der Waals surface area contributed by atoms with Crippen molar-refractivity contribution in [1.29, 1.82) is 0 Å². The number of nitrogens with one attached hydrogen (secondary N) is 2. The molecule has 270 valence electrons. The van der Waals surface area contributed by atoms with E-state index < -0.39 is 0 Å². The summed E-state index contributed by atoms with van der Waals surface area (Å²) >= 11 is 0. The summed E-state index contributed by atoms with van der Waals surface area (Å²) in [5, 5.41) is 9.46. The zero-order valence-electron chi connectivity index (χ0n) is 31.1. The molecule has 6 nitrogen and oxygen atoms in total. The highest BCUT2D eigenvalue weighted by Crippen LogP contribution is 2.43. The fourth-order valence-corrected chi connectivity index (χ4v) is 9.37. The third-order valence-electron chi connectivity index (χ3n) is 12.0. The molecule has 0 radical (unpaired) electrons. The lowest BCUT2D eigenvalue weighted by Crippen LogP contribution is -1.97. The smallest absolute Gasteiger partial charge is 0.145 e. The van der Waals surface area contributed by atoms with Crippen molar-refractivity contribution in [3.63, 3.8) is 0 Å². The van der Waals surface area contributed by atoms with Gasteiger partial charge in [0.25, 0.3) is 0 Å². The quantitative estimate of drug-likeness (QED) is 0.189. The van der Waals surface area contributed by atoms with Gasteiger partial charge in [-0.25, -0.2) is 9.97 Å². The van der Waals surface area contributed by atoms with E-state index in [9.17, 15) is 0 Å². The van der Waals surface area contributed by atoms with Crippen molar-refractivity contribution in [3.8, 4) is 33.9 Å². The number of rotatable bonds is 4. The van der Waals surface area contributed by atoms with Gasteiger partial charge < -0.3 is 9.97 Å².